The smallest absolute Gasteiger partial charge is 0.306 e. The third-order valence-corrected chi connectivity index (χ3v) is 4.48. The van der Waals surface area contributed by atoms with Gasteiger partial charge in [-0.1, -0.05) is 42.5 Å². The number of fused-ring (bicyclic) bond motifs is 1. The van der Waals surface area contributed by atoms with Crippen molar-refractivity contribution in [3.63, 3.8) is 0 Å². The van der Waals surface area contributed by atoms with E-state index in [0.29, 0.717) is 24.9 Å². The summed E-state index contributed by atoms with van der Waals surface area (Å²) in [6.45, 7) is 0.469. The third-order valence-electron chi connectivity index (χ3n) is 4.48. The number of carbonyl (C=O) groups excluding carboxylic acids is 2. The van der Waals surface area contributed by atoms with Gasteiger partial charge in [-0.15, -0.1) is 0 Å². The minimum absolute atomic E-state index is 0.0266. The number of esters is 1. The normalized spacial score (nSPS) is 15.9. The Bertz CT molecular complexity index is 727. The second kappa shape index (κ2) is 8.47. The minimum atomic E-state index is -0.182. The first kappa shape index (κ1) is 17.2. The van der Waals surface area contributed by atoms with Gasteiger partial charge in [-0.3, -0.25) is 9.59 Å². The number of nitrogens with one attached hydrogen (secondary N) is 1. The molecule has 4 nitrogen and oxygen atoms in total. The molecule has 0 aliphatic heterocycles. The van der Waals surface area contributed by atoms with E-state index in [1.165, 1.54) is 11.1 Å². The quantitative estimate of drug-likeness (QED) is 0.650. The molecule has 2 aromatic carbocycles. The number of amides is 1. The fourth-order valence-corrected chi connectivity index (χ4v) is 3.14. The Morgan fingerprint density at radius 2 is 1.72 bits per heavy atom. The van der Waals surface area contributed by atoms with E-state index < -0.39 is 0 Å². The van der Waals surface area contributed by atoms with Crippen molar-refractivity contribution in [2.24, 2.45) is 0 Å². The first-order valence-corrected chi connectivity index (χ1v) is 8.82. The number of carbonyl (C=O) groups is 2. The molecule has 1 atom stereocenters. The molecule has 0 radical (unpaired) electrons. The van der Waals surface area contributed by atoms with E-state index in [1.807, 2.05) is 24.3 Å². The van der Waals surface area contributed by atoms with Crippen LogP contribution in [0.1, 0.15) is 40.7 Å². The average molecular weight is 337 g/mol. The predicted octanol–water partition coefficient (Wildman–Crippen LogP) is 3.30. The summed E-state index contributed by atoms with van der Waals surface area (Å²) in [6, 6.07) is 17.4. The van der Waals surface area contributed by atoms with Crippen LogP contribution in [0, 0.1) is 0 Å². The molecule has 1 N–H and O–H groups in total. The zero-order valence-corrected chi connectivity index (χ0v) is 14.2. The van der Waals surface area contributed by atoms with Crippen molar-refractivity contribution in [2.45, 2.75) is 38.2 Å². The summed E-state index contributed by atoms with van der Waals surface area (Å²) < 4.78 is 5.59. The molecule has 4 heteroatoms. The first-order valence-electron chi connectivity index (χ1n) is 8.82. The third kappa shape index (κ3) is 4.92. The van der Waals surface area contributed by atoms with Crippen LogP contribution in [0.4, 0.5) is 0 Å². The lowest BCUT2D eigenvalue weighted by Crippen LogP contribution is -2.27. The van der Waals surface area contributed by atoms with Crippen LogP contribution < -0.4 is 5.32 Å². The lowest BCUT2D eigenvalue weighted by molar-refractivity contribution is -0.149. The van der Waals surface area contributed by atoms with Crippen LogP contribution in [-0.4, -0.2) is 24.5 Å². The van der Waals surface area contributed by atoms with Gasteiger partial charge in [0.1, 0.15) is 6.10 Å². The number of ether oxygens (including phenoxy) is 1. The van der Waals surface area contributed by atoms with E-state index in [0.717, 1.165) is 19.3 Å². The summed E-state index contributed by atoms with van der Waals surface area (Å²) in [7, 11) is 0. The molecular formula is C21H23NO3. The molecule has 0 aromatic heterocycles. The summed E-state index contributed by atoms with van der Waals surface area (Å²) in [6.07, 6.45) is 3.52. The molecule has 1 amide bonds. The minimum Gasteiger partial charge on any atom is -0.462 e. The van der Waals surface area contributed by atoms with Gasteiger partial charge in [-0.25, -0.2) is 0 Å². The van der Waals surface area contributed by atoms with E-state index in [4.69, 9.17) is 4.74 Å². The van der Waals surface area contributed by atoms with Crippen molar-refractivity contribution < 1.29 is 14.3 Å². The Hall–Kier alpha value is -2.62. The monoisotopic (exact) mass is 337 g/mol. The summed E-state index contributed by atoms with van der Waals surface area (Å²) in [5, 5.41) is 2.82. The van der Waals surface area contributed by atoms with Crippen molar-refractivity contribution in [3.05, 3.63) is 71.3 Å². The van der Waals surface area contributed by atoms with Gasteiger partial charge in [0.05, 0.1) is 0 Å². The summed E-state index contributed by atoms with van der Waals surface area (Å²) >= 11 is 0. The van der Waals surface area contributed by atoms with Crippen LogP contribution in [0.15, 0.2) is 54.6 Å². The Morgan fingerprint density at radius 3 is 2.52 bits per heavy atom. The average Bonchev–Trinajstić information content (AvgIpc) is 2.65. The molecule has 0 saturated carbocycles. The van der Waals surface area contributed by atoms with Gasteiger partial charge in [-0.2, -0.15) is 0 Å². The highest BCUT2D eigenvalue weighted by molar-refractivity contribution is 5.94. The number of benzene rings is 2. The number of rotatable bonds is 6. The SMILES string of the molecule is O=C(CCCNC(=O)c1ccccc1)OC1CCc2ccccc2C1. The lowest BCUT2D eigenvalue weighted by atomic mass is 9.90. The first-order chi connectivity index (χ1) is 12.2. The summed E-state index contributed by atoms with van der Waals surface area (Å²) in [4.78, 5) is 23.9. The fourth-order valence-electron chi connectivity index (χ4n) is 3.14. The number of hydrogen-bond acceptors (Lipinski definition) is 3. The molecule has 3 rings (SSSR count). The van der Waals surface area contributed by atoms with Gasteiger partial charge >= 0.3 is 5.97 Å². The standard InChI is InChI=1S/C21H23NO3/c23-20(11-6-14-22-21(24)17-8-2-1-3-9-17)25-19-13-12-16-7-4-5-10-18(16)15-19/h1-5,7-10,19H,6,11-15H2,(H,22,24). The fraction of sp³-hybridized carbons (Fsp3) is 0.333. The molecule has 130 valence electrons. The molecule has 25 heavy (non-hydrogen) atoms. The van der Waals surface area contributed by atoms with Gasteiger partial charge in [0.25, 0.3) is 5.91 Å². The van der Waals surface area contributed by atoms with Gasteiger partial charge in [0.15, 0.2) is 0 Å². The van der Waals surface area contributed by atoms with E-state index in [-0.39, 0.29) is 18.0 Å². The van der Waals surface area contributed by atoms with E-state index in [9.17, 15) is 9.59 Å². The highest BCUT2D eigenvalue weighted by atomic mass is 16.5. The number of hydrogen-bond donors (Lipinski definition) is 1. The zero-order chi connectivity index (χ0) is 17.5. The Kier molecular flexibility index (Phi) is 5.83. The van der Waals surface area contributed by atoms with Gasteiger partial charge in [-0.05, 0) is 42.5 Å². The summed E-state index contributed by atoms with van der Waals surface area (Å²) in [5.74, 6) is -0.295. The predicted molar refractivity (Wildman–Crippen MR) is 96.4 cm³/mol. The van der Waals surface area contributed by atoms with Gasteiger partial charge in [0.2, 0.25) is 0 Å². The van der Waals surface area contributed by atoms with E-state index in [2.05, 4.69) is 23.5 Å². The highest BCUT2D eigenvalue weighted by Gasteiger charge is 2.21. The second-order valence-electron chi connectivity index (χ2n) is 6.35. The molecule has 1 aliphatic rings. The van der Waals surface area contributed by atoms with E-state index >= 15 is 0 Å². The highest BCUT2D eigenvalue weighted by Crippen LogP contribution is 2.23. The maximum atomic E-state index is 12.0. The molecule has 1 unspecified atom stereocenters. The molecule has 0 bridgehead atoms. The van der Waals surface area contributed by atoms with E-state index in [1.54, 1.807) is 12.1 Å². The van der Waals surface area contributed by atoms with Crippen LogP contribution >= 0.6 is 0 Å². The topological polar surface area (TPSA) is 55.4 Å². The molecule has 2 aromatic rings. The van der Waals surface area contributed by atoms with Crippen molar-refractivity contribution in [2.75, 3.05) is 6.54 Å². The maximum absolute atomic E-state index is 12.0. The molecule has 0 spiro atoms. The van der Waals surface area contributed by atoms with Crippen molar-refractivity contribution in [3.8, 4) is 0 Å². The molecular weight excluding hydrogens is 314 g/mol. The van der Waals surface area contributed by atoms with Crippen LogP contribution in [0.2, 0.25) is 0 Å². The van der Waals surface area contributed by atoms with Crippen molar-refractivity contribution in [1.29, 1.82) is 0 Å². The Balaban J connectivity index is 1.36. The molecule has 1 aliphatic carbocycles. The molecule has 0 fully saturated rings. The van der Waals surface area contributed by atoms with Gasteiger partial charge < -0.3 is 10.1 Å². The maximum Gasteiger partial charge on any atom is 0.306 e. The molecule has 0 saturated heterocycles. The Morgan fingerprint density at radius 1 is 1.00 bits per heavy atom. The summed E-state index contributed by atoms with van der Waals surface area (Å²) in [5.41, 5.74) is 3.27. The second-order valence-corrected chi connectivity index (χ2v) is 6.35. The van der Waals surface area contributed by atoms with Crippen LogP contribution in [-0.2, 0) is 22.4 Å². The number of aryl methyl sites for hydroxylation is 1. The zero-order valence-electron chi connectivity index (χ0n) is 14.2. The van der Waals surface area contributed by atoms with Crippen LogP contribution in [0.3, 0.4) is 0 Å². The largest absolute Gasteiger partial charge is 0.462 e. The van der Waals surface area contributed by atoms with Crippen molar-refractivity contribution in [1.82, 2.24) is 5.32 Å². The molecule has 0 heterocycles. The van der Waals surface area contributed by atoms with Crippen LogP contribution in [0.5, 0.6) is 0 Å². The van der Waals surface area contributed by atoms with Gasteiger partial charge in [0, 0.05) is 24.9 Å². The van der Waals surface area contributed by atoms with Crippen molar-refractivity contribution >= 4 is 11.9 Å². The Labute approximate surface area is 148 Å². The lowest BCUT2D eigenvalue weighted by Gasteiger charge is -2.24. The van der Waals surface area contributed by atoms with Crippen LogP contribution in [0.25, 0.3) is 0 Å².